The number of thiazole rings is 1. The summed E-state index contributed by atoms with van der Waals surface area (Å²) in [7, 11) is 2.03. The van der Waals surface area contributed by atoms with Gasteiger partial charge in [0.1, 0.15) is 5.01 Å². The molecule has 0 saturated carbocycles. The summed E-state index contributed by atoms with van der Waals surface area (Å²) in [6.45, 7) is 4.47. The molecule has 0 spiro atoms. The summed E-state index contributed by atoms with van der Waals surface area (Å²) in [6, 6.07) is 0. The van der Waals surface area contributed by atoms with Crippen molar-refractivity contribution in [2.45, 2.75) is 51.5 Å². The number of aromatic nitrogens is 1. The minimum atomic E-state index is 0.0714. The van der Waals surface area contributed by atoms with Crippen LogP contribution in [0.3, 0.4) is 0 Å². The minimum Gasteiger partial charge on any atom is -0.309 e. The predicted octanol–water partition coefficient (Wildman–Crippen LogP) is 2.87. The second-order valence-corrected chi connectivity index (χ2v) is 5.62. The van der Waals surface area contributed by atoms with Gasteiger partial charge in [-0.2, -0.15) is 0 Å². The Labute approximate surface area is 96.1 Å². The van der Waals surface area contributed by atoms with Crippen LogP contribution in [0.5, 0.6) is 0 Å². The molecule has 1 aliphatic rings. The van der Waals surface area contributed by atoms with Gasteiger partial charge in [-0.3, -0.25) is 0 Å². The van der Waals surface area contributed by atoms with E-state index in [-0.39, 0.29) is 5.54 Å². The number of rotatable bonds is 3. The van der Waals surface area contributed by atoms with Crippen LogP contribution in [0.25, 0.3) is 0 Å². The first-order valence-corrected chi connectivity index (χ1v) is 6.69. The van der Waals surface area contributed by atoms with Gasteiger partial charge in [-0.15, -0.1) is 11.3 Å². The van der Waals surface area contributed by atoms with Crippen molar-refractivity contribution in [3.63, 3.8) is 0 Å². The van der Waals surface area contributed by atoms with Gasteiger partial charge in [-0.1, -0.05) is 6.92 Å². The normalized spacial score (nSPS) is 19.7. The largest absolute Gasteiger partial charge is 0.309 e. The van der Waals surface area contributed by atoms with Crippen LogP contribution in [-0.4, -0.2) is 12.0 Å². The summed E-state index contributed by atoms with van der Waals surface area (Å²) >= 11 is 1.92. The molecule has 84 valence electrons. The molecule has 2 nitrogen and oxygen atoms in total. The van der Waals surface area contributed by atoms with E-state index in [0.717, 1.165) is 6.42 Å². The summed E-state index contributed by atoms with van der Waals surface area (Å²) in [6.07, 6.45) is 6.19. The molecule has 1 atom stereocenters. The van der Waals surface area contributed by atoms with Crippen LogP contribution in [0, 0.1) is 0 Å². The van der Waals surface area contributed by atoms with Crippen molar-refractivity contribution in [2.75, 3.05) is 7.05 Å². The highest BCUT2D eigenvalue weighted by molar-refractivity contribution is 7.11. The van der Waals surface area contributed by atoms with Gasteiger partial charge in [-0.05, 0) is 46.1 Å². The monoisotopic (exact) mass is 224 g/mol. The Morgan fingerprint density at radius 1 is 1.40 bits per heavy atom. The van der Waals surface area contributed by atoms with E-state index < -0.39 is 0 Å². The summed E-state index contributed by atoms with van der Waals surface area (Å²) < 4.78 is 0. The molecule has 1 heterocycles. The first-order chi connectivity index (χ1) is 7.19. The Hall–Kier alpha value is -0.410. The molecule has 0 saturated heterocycles. The molecule has 1 aromatic heterocycles. The van der Waals surface area contributed by atoms with Crippen LogP contribution in [-0.2, 0) is 18.4 Å². The van der Waals surface area contributed by atoms with Crippen molar-refractivity contribution in [3.05, 3.63) is 15.6 Å². The molecule has 0 fully saturated rings. The van der Waals surface area contributed by atoms with E-state index in [2.05, 4.69) is 19.2 Å². The van der Waals surface area contributed by atoms with Gasteiger partial charge in [0.05, 0.1) is 11.2 Å². The molecule has 0 aromatic carbocycles. The van der Waals surface area contributed by atoms with Gasteiger partial charge < -0.3 is 5.32 Å². The highest BCUT2D eigenvalue weighted by Crippen LogP contribution is 2.33. The SMILES string of the molecule is CCC(C)(NC)c1nc2c(s1)CCCC2. The molecular weight excluding hydrogens is 204 g/mol. The van der Waals surface area contributed by atoms with Gasteiger partial charge in [0, 0.05) is 4.88 Å². The zero-order chi connectivity index (χ0) is 10.9. The van der Waals surface area contributed by atoms with Gasteiger partial charge >= 0.3 is 0 Å². The second-order valence-electron chi connectivity index (χ2n) is 4.53. The third kappa shape index (κ3) is 1.95. The number of hydrogen-bond donors (Lipinski definition) is 1. The molecule has 1 N–H and O–H groups in total. The maximum absolute atomic E-state index is 4.82. The lowest BCUT2D eigenvalue weighted by Gasteiger charge is -2.24. The number of aryl methyl sites for hydroxylation is 2. The van der Waals surface area contributed by atoms with E-state index in [0.29, 0.717) is 0 Å². The molecule has 0 aliphatic heterocycles. The fourth-order valence-electron chi connectivity index (χ4n) is 2.02. The van der Waals surface area contributed by atoms with Crippen molar-refractivity contribution in [2.24, 2.45) is 0 Å². The van der Waals surface area contributed by atoms with E-state index in [9.17, 15) is 0 Å². The fraction of sp³-hybridized carbons (Fsp3) is 0.750. The van der Waals surface area contributed by atoms with Crippen LogP contribution in [0.2, 0.25) is 0 Å². The lowest BCUT2D eigenvalue weighted by atomic mass is 10.00. The van der Waals surface area contributed by atoms with Gasteiger partial charge in [0.15, 0.2) is 0 Å². The zero-order valence-corrected chi connectivity index (χ0v) is 10.7. The lowest BCUT2D eigenvalue weighted by Crippen LogP contribution is -2.35. The van der Waals surface area contributed by atoms with Crippen molar-refractivity contribution < 1.29 is 0 Å². The summed E-state index contributed by atoms with van der Waals surface area (Å²) in [5.41, 5.74) is 1.44. The van der Waals surface area contributed by atoms with Crippen LogP contribution < -0.4 is 5.32 Å². The molecular formula is C12H20N2S. The Morgan fingerprint density at radius 3 is 2.73 bits per heavy atom. The molecule has 0 bridgehead atoms. The highest BCUT2D eigenvalue weighted by Gasteiger charge is 2.28. The second kappa shape index (κ2) is 4.22. The van der Waals surface area contributed by atoms with Crippen molar-refractivity contribution >= 4 is 11.3 Å². The maximum atomic E-state index is 4.82. The van der Waals surface area contributed by atoms with Crippen molar-refractivity contribution in [3.8, 4) is 0 Å². The molecule has 2 rings (SSSR count). The van der Waals surface area contributed by atoms with E-state index >= 15 is 0 Å². The highest BCUT2D eigenvalue weighted by atomic mass is 32.1. The van der Waals surface area contributed by atoms with E-state index in [1.807, 2.05) is 18.4 Å². The van der Waals surface area contributed by atoms with E-state index in [1.165, 1.54) is 41.3 Å². The van der Waals surface area contributed by atoms with Crippen molar-refractivity contribution in [1.29, 1.82) is 0 Å². The lowest BCUT2D eigenvalue weighted by molar-refractivity contribution is 0.383. The molecule has 1 aliphatic carbocycles. The molecule has 1 aromatic rings. The molecule has 0 amide bonds. The van der Waals surface area contributed by atoms with Crippen LogP contribution in [0.15, 0.2) is 0 Å². The molecule has 0 radical (unpaired) electrons. The zero-order valence-electron chi connectivity index (χ0n) is 9.89. The summed E-state index contributed by atoms with van der Waals surface area (Å²) in [5.74, 6) is 0. The smallest absolute Gasteiger partial charge is 0.113 e. The van der Waals surface area contributed by atoms with E-state index in [4.69, 9.17) is 4.98 Å². The van der Waals surface area contributed by atoms with Crippen molar-refractivity contribution in [1.82, 2.24) is 10.3 Å². The predicted molar refractivity (Wildman–Crippen MR) is 65.5 cm³/mol. The average Bonchev–Trinajstić information content (AvgIpc) is 2.72. The standard InChI is InChI=1S/C12H20N2S/c1-4-12(2,13-3)11-14-9-7-5-6-8-10(9)15-11/h13H,4-8H2,1-3H3. The average molecular weight is 224 g/mol. The Kier molecular flexibility index (Phi) is 3.12. The first kappa shape index (κ1) is 11.1. The molecule has 15 heavy (non-hydrogen) atoms. The quantitative estimate of drug-likeness (QED) is 0.854. The molecule has 1 unspecified atom stereocenters. The molecule has 3 heteroatoms. The third-order valence-electron chi connectivity index (χ3n) is 3.58. The maximum Gasteiger partial charge on any atom is 0.113 e. The number of nitrogens with zero attached hydrogens (tertiary/aromatic N) is 1. The Morgan fingerprint density at radius 2 is 2.13 bits per heavy atom. The minimum absolute atomic E-state index is 0.0714. The number of hydrogen-bond acceptors (Lipinski definition) is 3. The topological polar surface area (TPSA) is 24.9 Å². The third-order valence-corrected chi connectivity index (χ3v) is 5.00. The summed E-state index contributed by atoms with van der Waals surface area (Å²) in [4.78, 5) is 6.35. The number of nitrogens with one attached hydrogen (secondary N) is 1. The fourth-order valence-corrected chi connectivity index (χ4v) is 3.40. The Balaban J connectivity index is 2.32. The summed E-state index contributed by atoms with van der Waals surface area (Å²) in [5, 5.41) is 4.68. The number of fused-ring (bicyclic) bond motifs is 1. The Bertz CT molecular complexity index is 316. The van der Waals surface area contributed by atoms with Gasteiger partial charge in [0.2, 0.25) is 0 Å². The first-order valence-electron chi connectivity index (χ1n) is 5.87. The van der Waals surface area contributed by atoms with E-state index in [1.54, 1.807) is 0 Å². The van der Waals surface area contributed by atoms with Crippen LogP contribution in [0.1, 0.15) is 48.7 Å². The van der Waals surface area contributed by atoms with Gasteiger partial charge in [-0.25, -0.2) is 4.98 Å². The van der Waals surface area contributed by atoms with Crippen LogP contribution in [0.4, 0.5) is 0 Å². The van der Waals surface area contributed by atoms with Gasteiger partial charge in [0.25, 0.3) is 0 Å². The van der Waals surface area contributed by atoms with Crippen LogP contribution >= 0.6 is 11.3 Å².